The first-order valence-electron chi connectivity index (χ1n) is 5.84. The van der Waals surface area contributed by atoms with Crippen LogP contribution in [-0.2, 0) is 11.2 Å². The standard InChI is InChI=1S/C14H18N2O2/c1-3-10-16-14(17)11(2)18-13-6-4-12(5-7-13)8-9-15/h1,4-7,11H,8-10,15H2,2H3,(H,16,17). The Hall–Kier alpha value is -1.99. The molecule has 0 aliphatic carbocycles. The molecule has 0 aliphatic heterocycles. The van der Waals surface area contributed by atoms with Gasteiger partial charge in [0.2, 0.25) is 0 Å². The van der Waals surface area contributed by atoms with Crippen LogP contribution in [0.15, 0.2) is 24.3 Å². The Morgan fingerprint density at radius 3 is 2.72 bits per heavy atom. The lowest BCUT2D eigenvalue weighted by Crippen LogP contribution is -2.36. The first kappa shape index (κ1) is 14.1. The van der Waals surface area contributed by atoms with Crippen molar-refractivity contribution in [3.63, 3.8) is 0 Å². The largest absolute Gasteiger partial charge is 0.481 e. The van der Waals surface area contributed by atoms with Gasteiger partial charge in [0.1, 0.15) is 5.75 Å². The van der Waals surface area contributed by atoms with Crippen LogP contribution in [0.4, 0.5) is 0 Å². The molecule has 0 fully saturated rings. The van der Waals surface area contributed by atoms with Crippen molar-refractivity contribution < 1.29 is 9.53 Å². The fourth-order valence-corrected chi connectivity index (χ4v) is 1.44. The minimum atomic E-state index is -0.571. The Morgan fingerprint density at radius 2 is 2.17 bits per heavy atom. The Balaban J connectivity index is 2.51. The molecular formula is C14H18N2O2. The normalized spacial score (nSPS) is 11.4. The summed E-state index contributed by atoms with van der Waals surface area (Å²) in [6.45, 7) is 2.51. The highest BCUT2D eigenvalue weighted by Gasteiger charge is 2.13. The highest BCUT2D eigenvalue weighted by Crippen LogP contribution is 2.14. The van der Waals surface area contributed by atoms with Crippen LogP contribution in [-0.4, -0.2) is 25.1 Å². The lowest BCUT2D eigenvalue weighted by Gasteiger charge is -2.14. The molecule has 1 amide bonds. The van der Waals surface area contributed by atoms with Gasteiger partial charge in [0.25, 0.3) is 5.91 Å². The van der Waals surface area contributed by atoms with Gasteiger partial charge in [-0.1, -0.05) is 18.1 Å². The predicted octanol–water partition coefficient (Wildman–Crippen LogP) is 0.704. The second kappa shape index (κ2) is 7.36. The fraction of sp³-hybridized carbons (Fsp3) is 0.357. The summed E-state index contributed by atoms with van der Waals surface area (Å²) in [6, 6.07) is 7.54. The van der Waals surface area contributed by atoms with Crippen LogP contribution in [0.25, 0.3) is 0 Å². The Morgan fingerprint density at radius 1 is 1.50 bits per heavy atom. The lowest BCUT2D eigenvalue weighted by atomic mass is 10.1. The molecule has 3 N–H and O–H groups in total. The molecule has 0 radical (unpaired) electrons. The number of rotatable bonds is 6. The third kappa shape index (κ3) is 4.48. The molecule has 18 heavy (non-hydrogen) atoms. The van der Waals surface area contributed by atoms with Gasteiger partial charge in [0, 0.05) is 0 Å². The van der Waals surface area contributed by atoms with E-state index in [1.807, 2.05) is 24.3 Å². The van der Waals surface area contributed by atoms with Gasteiger partial charge in [-0.3, -0.25) is 4.79 Å². The van der Waals surface area contributed by atoms with Crippen LogP contribution in [0.1, 0.15) is 12.5 Å². The van der Waals surface area contributed by atoms with Gasteiger partial charge in [0.05, 0.1) is 6.54 Å². The number of carbonyl (C=O) groups is 1. The van der Waals surface area contributed by atoms with E-state index in [9.17, 15) is 4.79 Å². The van der Waals surface area contributed by atoms with Crippen LogP contribution >= 0.6 is 0 Å². The summed E-state index contributed by atoms with van der Waals surface area (Å²) in [5, 5.41) is 2.57. The Bertz CT molecular complexity index is 420. The van der Waals surface area contributed by atoms with E-state index < -0.39 is 6.10 Å². The van der Waals surface area contributed by atoms with E-state index >= 15 is 0 Å². The third-order valence-electron chi connectivity index (χ3n) is 2.40. The van der Waals surface area contributed by atoms with E-state index in [1.165, 1.54) is 0 Å². The molecule has 0 aliphatic rings. The minimum Gasteiger partial charge on any atom is -0.481 e. The lowest BCUT2D eigenvalue weighted by molar-refractivity contribution is -0.126. The van der Waals surface area contributed by atoms with Gasteiger partial charge in [-0.15, -0.1) is 6.42 Å². The number of nitrogens with one attached hydrogen (secondary N) is 1. The van der Waals surface area contributed by atoms with Crippen LogP contribution in [0, 0.1) is 12.3 Å². The molecule has 0 bridgehead atoms. The van der Waals surface area contributed by atoms with E-state index in [4.69, 9.17) is 16.9 Å². The topological polar surface area (TPSA) is 64.3 Å². The van der Waals surface area contributed by atoms with Crippen molar-refractivity contribution in [1.82, 2.24) is 5.32 Å². The number of hydrogen-bond acceptors (Lipinski definition) is 3. The number of carbonyl (C=O) groups excluding carboxylic acids is 1. The molecular weight excluding hydrogens is 228 g/mol. The number of benzene rings is 1. The van der Waals surface area contributed by atoms with Gasteiger partial charge < -0.3 is 15.8 Å². The van der Waals surface area contributed by atoms with Crippen molar-refractivity contribution in [3.05, 3.63) is 29.8 Å². The molecule has 1 atom stereocenters. The van der Waals surface area contributed by atoms with Crippen molar-refractivity contribution >= 4 is 5.91 Å². The Labute approximate surface area is 108 Å². The highest BCUT2D eigenvalue weighted by molar-refractivity contribution is 5.80. The maximum atomic E-state index is 11.5. The molecule has 0 aromatic heterocycles. The fourth-order valence-electron chi connectivity index (χ4n) is 1.44. The first-order valence-corrected chi connectivity index (χ1v) is 5.84. The van der Waals surface area contributed by atoms with Gasteiger partial charge in [0.15, 0.2) is 6.10 Å². The summed E-state index contributed by atoms with van der Waals surface area (Å²) in [7, 11) is 0. The molecule has 0 heterocycles. The molecule has 1 unspecified atom stereocenters. The third-order valence-corrected chi connectivity index (χ3v) is 2.40. The Kier molecular flexibility index (Phi) is 5.75. The average molecular weight is 246 g/mol. The minimum absolute atomic E-state index is 0.210. The summed E-state index contributed by atoms with van der Waals surface area (Å²) in [5.41, 5.74) is 6.61. The van der Waals surface area contributed by atoms with E-state index in [0.29, 0.717) is 12.3 Å². The van der Waals surface area contributed by atoms with Gasteiger partial charge in [-0.05, 0) is 37.6 Å². The number of hydrogen-bond donors (Lipinski definition) is 2. The van der Waals surface area contributed by atoms with E-state index in [-0.39, 0.29) is 12.5 Å². The predicted molar refractivity (Wildman–Crippen MR) is 71.1 cm³/mol. The quantitative estimate of drug-likeness (QED) is 0.726. The van der Waals surface area contributed by atoms with Crippen molar-refractivity contribution in [2.24, 2.45) is 5.73 Å². The molecule has 1 aromatic carbocycles. The number of nitrogens with two attached hydrogens (primary N) is 1. The molecule has 0 spiro atoms. The molecule has 0 saturated heterocycles. The zero-order valence-corrected chi connectivity index (χ0v) is 10.5. The second-order valence-electron chi connectivity index (χ2n) is 3.86. The summed E-state index contributed by atoms with van der Waals surface area (Å²) >= 11 is 0. The molecule has 96 valence electrons. The average Bonchev–Trinajstić information content (AvgIpc) is 2.38. The van der Waals surface area contributed by atoms with Gasteiger partial charge in [-0.25, -0.2) is 0 Å². The van der Waals surface area contributed by atoms with Crippen LogP contribution in [0.3, 0.4) is 0 Å². The molecule has 0 saturated carbocycles. The SMILES string of the molecule is C#CCNC(=O)C(C)Oc1ccc(CCN)cc1. The van der Waals surface area contributed by atoms with E-state index in [1.54, 1.807) is 6.92 Å². The smallest absolute Gasteiger partial charge is 0.261 e. The number of terminal acetylenes is 1. The molecule has 1 aromatic rings. The van der Waals surface area contributed by atoms with Crippen molar-refractivity contribution in [3.8, 4) is 18.1 Å². The van der Waals surface area contributed by atoms with E-state index in [0.717, 1.165) is 12.0 Å². The highest BCUT2D eigenvalue weighted by atomic mass is 16.5. The second-order valence-corrected chi connectivity index (χ2v) is 3.86. The van der Waals surface area contributed by atoms with Crippen molar-refractivity contribution in [2.45, 2.75) is 19.4 Å². The molecule has 1 rings (SSSR count). The summed E-state index contributed by atoms with van der Waals surface area (Å²) in [6.07, 6.45) is 5.32. The monoisotopic (exact) mass is 246 g/mol. The number of ether oxygens (including phenoxy) is 1. The molecule has 4 heteroatoms. The zero-order valence-electron chi connectivity index (χ0n) is 10.5. The van der Waals surface area contributed by atoms with Crippen molar-refractivity contribution in [1.29, 1.82) is 0 Å². The summed E-state index contributed by atoms with van der Waals surface area (Å²) in [4.78, 5) is 11.5. The van der Waals surface area contributed by atoms with Gasteiger partial charge in [-0.2, -0.15) is 0 Å². The van der Waals surface area contributed by atoms with E-state index in [2.05, 4.69) is 11.2 Å². The maximum Gasteiger partial charge on any atom is 0.261 e. The van der Waals surface area contributed by atoms with Crippen molar-refractivity contribution in [2.75, 3.05) is 13.1 Å². The van der Waals surface area contributed by atoms with Crippen LogP contribution in [0.2, 0.25) is 0 Å². The maximum absolute atomic E-state index is 11.5. The molecule has 4 nitrogen and oxygen atoms in total. The van der Waals surface area contributed by atoms with Crippen LogP contribution in [0.5, 0.6) is 5.75 Å². The summed E-state index contributed by atoms with van der Waals surface area (Å²) in [5.74, 6) is 2.77. The van der Waals surface area contributed by atoms with Gasteiger partial charge >= 0.3 is 0 Å². The summed E-state index contributed by atoms with van der Waals surface area (Å²) < 4.78 is 5.49. The zero-order chi connectivity index (χ0) is 13.4. The first-order chi connectivity index (χ1) is 8.67. The van der Waals surface area contributed by atoms with Crippen LogP contribution < -0.4 is 15.8 Å². The number of amides is 1.